The zero-order valence-electron chi connectivity index (χ0n) is 6.80. The van der Waals surface area contributed by atoms with Crippen LogP contribution < -0.4 is 5.73 Å². The highest BCUT2D eigenvalue weighted by Gasteiger charge is 1.96. The molecule has 0 heterocycles. The Morgan fingerprint density at radius 2 is 2.30 bits per heavy atom. The second kappa shape index (κ2) is 7.21. The Bertz CT molecular complexity index is 72.8. The Morgan fingerprint density at radius 3 is 2.80 bits per heavy atom. The lowest BCUT2D eigenvalue weighted by molar-refractivity contribution is -0.0371. The molecule has 0 aromatic carbocycles. The Balaban J connectivity index is 2.89. The molecule has 0 saturated heterocycles. The van der Waals surface area contributed by atoms with Gasteiger partial charge in [-0.3, -0.25) is 0 Å². The fourth-order valence-electron chi connectivity index (χ4n) is 0.564. The van der Waals surface area contributed by atoms with Crippen molar-refractivity contribution in [2.75, 3.05) is 13.7 Å². The summed E-state index contributed by atoms with van der Waals surface area (Å²) < 4.78 is 10.3. The summed E-state index contributed by atoms with van der Waals surface area (Å²) in [5, 5.41) is 0. The number of ether oxygens (including phenoxy) is 1. The summed E-state index contributed by atoms with van der Waals surface area (Å²) in [7, 11) is 1.29. The first-order valence-electron chi connectivity index (χ1n) is 3.65. The molecular weight excluding hydrogens is 146 g/mol. The SMILES string of the molecule is COC(C)O[SiH2]CCCN. The molecule has 0 saturated carbocycles. The fraction of sp³-hybridized carbons (Fsp3) is 1.00. The van der Waals surface area contributed by atoms with Crippen LogP contribution in [0.5, 0.6) is 0 Å². The summed E-state index contributed by atoms with van der Waals surface area (Å²) in [5.74, 6) is 0. The Kier molecular flexibility index (Phi) is 7.28. The Labute approximate surface area is 64.8 Å². The molecule has 0 aliphatic heterocycles. The largest absolute Gasteiger partial charge is 0.400 e. The highest BCUT2D eigenvalue weighted by molar-refractivity contribution is 6.27. The van der Waals surface area contributed by atoms with Crippen molar-refractivity contribution in [2.24, 2.45) is 5.73 Å². The van der Waals surface area contributed by atoms with Crippen molar-refractivity contribution < 1.29 is 9.16 Å². The van der Waals surface area contributed by atoms with E-state index in [-0.39, 0.29) is 16.1 Å². The molecule has 1 atom stereocenters. The van der Waals surface area contributed by atoms with Gasteiger partial charge in [0, 0.05) is 7.11 Å². The van der Waals surface area contributed by atoms with Gasteiger partial charge in [0.1, 0.15) is 6.29 Å². The van der Waals surface area contributed by atoms with Gasteiger partial charge < -0.3 is 14.9 Å². The lowest BCUT2D eigenvalue weighted by Gasteiger charge is -2.09. The maximum Gasteiger partial charge on any atom is 0.165 e. The minimum Gasteiger partial charge on any atom is -0.400 e. The Morgan fingerprint density at radius 1 is 1.60 bits per heavy atom. The number of nitrogens with two attached hydrogens (primary N) is 1. The molecule has 3 nitrogen and oxygen atoms in total. The predicted octanol–water partition coefficient (Wildman–Crippen LogP) is -0.154. The number of methoxy groups -OCH3 is 1. The molecule has 0 aromatic heterocycles. The summed E-state index contributed by atoms with van der Waals surface area (Å²) in [6.07, 6.45) is 1.06. The zero-order chi connectivity index (χ0) is 7.82. The maximum absolute atomic E-state index is 5.35. The van der Waals surface area contributed by atoms with Gasteiger partial charge in [-0.05, 0) is 25.9 Å². The van der Waals surface area contributed by atoms with Gasteiger partial charge in [-0.2, -0.15) is 0 Å². The lowest BCUT2D eigenvalue weighted by atomic mass is 10.5. The van der Waals surface area contributed by atoms with Crippen LogP contribution in [0.3, 0.4) is 0 Å². The van der Waals surface area contributed by atoms with E-state index in [0.29, 0.717) is 0 Å². The van der Waals surface area contributed by atoms with E-state index < -0.39 is 0 Å². The van der Waals surface area contributed by atoms with Crippen LogP contribution >= 0.6 is 0 Å². The van der Waals surface area contributed by atoms with Crippen LogP contribution in [-0.2, 0) is 9.16 Å². The molecule has 0 rings (SSSR count). The first-order chi connectivity index (χ1) is 4.81. The molecule has 0 aliphatic rings. The number of hydrogen-bond acceptors (Lipinski definition) is 3. The first-order valence-corrected chi connectivity index (χ1v) is 5.23. The Hall–Kier alpha value is 0.0969. The molecule has 0 bridgehead atoms. The molecular formula is C6H17NO2Si. The normalized spacial score (nSPS) is 14.7. The van der Waals surface area contributed by atoms with Crippen LogP contribution in [0.2, 0.25) is 6.04 Å². The van der Waals surface area contributed by atoms with Crippen molar-refractivity contribution in [3.63, 3.8) is 0 Å². The van der Waals surface area contributed by atoms with Crippen molar-refractivity contribution in [3.05, 3.63) is 0 Å². The highest BCUT2D eigenvalue weighted by atomic mass is 28.2. The average molecular weight is 163 g/mol. The maximum atomic E-state index is 5.35. The van der Waals surface area contributed by atoms with Crippen molar-refractivity contribution in [3.8, 4) is 0 Å². The molecule has 0 amide bonds. The monoisotopic (exact) mass is 163 g/mol. The predicted molar refractivity (Wildman–Crippen MR) is 44.6 cm³/mol. The molecule has 0 radical (unpaired) electrons. The topological polar surface area (TPSA) is 44.5 Å². The van der Waals surface area contributed by atoms with Gasteiger partial charge in [-0.25, -0.2) is 0 Å². The average Bonchev–Trinajstić information content (AvgIpc) is 1.98. The minimum atomic E-state index is -0.363. The second-order valence-corrected chi connectivity index (χ2v) is 3.62. The van der Waals surface area contributed by atoms with E-state index in [0.717, 1.165) is 19.0 Å². The molecule has 2 N–H and O–H groups in total. The van der Waals surface area contributed by atoms with Gasteiger partial charge in [-0.1, -0.05) is 0 Å². The summed E-state index contributed by atoms with van der Waals surface area (Å²) in [5.41, 5.74) is 5.31. The quantitative estimate of drug-likeness (QED) is 0.336. The molecule has 4 heteroatoms. The van der Waals surface area contributed by atoms with Gasteiger partial charge in [0.05, 0.1) is 0 Å². The summed E-state index contributed by atoms with van der Waals surface area (Å²) in [6.45, 7) is 2.69. The molecule has 0 fully saturated rings. The minimum absolute atomic E-state index is 0.0237. The third-order valence-corrected chi connectivity index (χ3v) is 2.78. The molecule has 10 heavy (non-hydrogen) atoms. The van der Waals surface area contributed by atoms with E-state index in [4.69, 9.17) is 14.9 Å². The summed E-state index contributed by atoms with van der Waals surface area (Å²) >= 11 is 0. The van der Waals surface area contributed by atoms with Crippen LogP contribution in [0.1, 0.15) is 13.3 Å². The van der Waals surface area contributed by atoms with Gasteiger partial charge in [-0.15, -0.1) is 0 Å². The molecule has 62 valence electrons. The fourth-order valence-corrected chi connectivity index (χ4v) is 1.69. The van der Waals surface area contributed by atoms with Crippen LogP contribution in [0.4, 0.5) is 0 Å². The zero-order valence-corrected chi connectivity index (χ0v) is 8.21. The second-order valence-electron chi connectivity index (χ2n) is 2.17. The standard InChI is InChI=1S/C6H17NO2Si/c1-6(8-2)9-10-5-3-4-7/h6H,3-5,7,10H2,1-2H3. The number of rotatable bonds is 6. The third-order valence-electron chi connectivity index (χ3n) is 1.28. The van der Waals surface area contributed by atoms with Gasteiger partial charge in [0.2, 0.25) is 0 Å². The van der Waals surface area contributed by atoms with E-state index in [1.807, 2.05) is 6.92 Å². The van der Waals surface area contributed by atoms with Crippen molar-refractivity contribution in [1.29, 1.82) is 0 Å². The van der Waals surface area contributed by atoms with E-state index in [2.05, 4.69) is 0 Å². The van der Waals surface area contributed by atoms with Gasteiger partial charge >= 0.3 is 0 Å². The van der Waals surface area contributed by atoms with E-state index in [1.165, 1.54) is 0 Å². The lowest BCUT2D eigenvalue weighted by Crippen LogP contribution is -2.14. The van der Waals surface area contributed by atoms with Crippen LogP contribution in [0, 0.1) is 0 Å². The van der Waals surface area contributed by atoms with E-state index >= 15 is 0 Å². The first kappa shape index (κ1) is 10.1. The van der Waals surface area contributed by atoms with Crippen molar-refractivity contribution >= 4 is 9.76 Å². The van der Waals surface area contributed by atoms with Crippen LogP contribution in [0.15, 0.2) is 0 Å². The highest BCUT2D eigenvalue weighted by Crippen LogP contribution is 1.92. The van der Waals surface area contributed by atoms with Crippen molar-refractivity contribution in [1.82, 2.24) is 0 Å². The molecule has 0 aromatic rings. The smallest absolute Gasteiger partial charge is 0.165 e. The third kappa shape index (κ3) is 6.22. The molecule has 0 aliphatic carbocycles. The molecule has 0 spiro atoms. The van der Waals surface area contributed by atoms with E-state index in [1.54, 1.807) is 7.11 Å². The summed E-state index contributed by atoms with van der Waals surface area (Å²) in [4.78, 5) is 0. The van der Waals surface area contributed by atoms with Crippen molar-refractivity contribution in [2.45, 2.75) is 25.7 Å². The van der Waals surface area contributed by atoms with E-state index in [9.17, 15) is 0 Å². The molecule has 1 unspecified atom stereocenters. The summed E-state index contributed by atoms with van der Waals surface area (Å²) in [6, 6.07) is 1.16. The van der Waals surface area contributed by atoms with Gasteiger partial charge in [0.25, 0.3) is 0 Å². The van der Waals surface area contributed by atoms with Crippen LogP contribution in [-0.4, -0.2) is 29.7 Å². The van der Waals surface area contributed by atoms with Gasteiger partial charge in [0.15, 0.2) is 9.76 Å². The number of hydrogen-bond donors (Lipinski definition) is 1. The van der Waals surface area contributed by atoms with Crippen LogP contribution in [0.25, 0.3) is 0 Å².